The van der Waals surface area contributed by atoms with Gasteiger partial charge in [-0.15, -0.1) is 0 Å². The SMILES string of the molecule is CNCNC(=O)C1CCCC[C@@H]1c1ccc(CNS(=O)(=O)c2cccc(C)c2)cc1.Cc1ccccc1. The smallest absolute Gasteiger partial charge is 0.240 e. The second kappa shape index (κ2) is 14.1. The molecular weight excluding hydrogens is 482 g/mol. The highest BCUT2D eigenvalue weighted by molar-refractivity contribution is 7.89. The second-order valence-corrected chi connectivity index (χ2v) is 11.4. The van der Waals surface area contributed by atoms with Gasteiger partial charge in [0.05, 0.1) is 11.6 Å². The maximum atomic E-state index is 12.6. The number of amides is 1. The van der Waals surface area contributed by atoms with E-state index < -0.39 is 10.0 Å². The normalized spacial score (nSPS) is 17.4. The van der Waals surface area contributed by atoms with E-state index in [9.17, 15) is 13.2 Å². The first-order valence-corrected chi connectivity index (χ1v) is 14.4. The van der Waals surface area contributed by atoms with Crippen molar-refractivity contribution in [3.63, 3.8) is 0 Å². The molecule has 6 nitrogen and oxygen atoms in total. The van der Waals surface area contributed by atoms with Crippen molar-refractivity contribution >= 4 is 15.9 Å². The average molecular weight is 522 g/mol. The van der Waals surface area contributed by atoms with Crippen molar-refractivity contribution in [3.05, 3.63) is 101 Å². The van der Waals surface area contributed by atoms with Crippen LogP contribution in [0.2, 0.25) is 0 Å². The summed E-state index contributed by atoms with van der Waals surface area (Å²) >= 11 is 0. The number of nitrogens with one attached hydrogen (secondary N) is 3. The first kappa shape index (κ1) is 28.6. The van der Waals surface area contributed by atoms with Crippen molar-refractivity contribution < 1.29 is 13.2 Å². The first-order valence-electron chi connectivity index (χ1n) is 12.9. The van der Waals surface area contributed by atoms with Crippen LogP contribution in [0.3, 0.4) is 0 Å². The molecule has 3 aromatic carbocycles. The summed E-state index contributed by atoms with van der Waals surface area (Å²) in [5.74, 6) is 0.287. The van der Waals surface area contributed by atoms with Crippen LogP contribution in [0.4, 0.5) is 0 Å². The predicted molar refractivity (Wildman–Crippen MR) is 150 cm³/mol. The summed E-state index contributed by atoms with van der Waals surface area (Å²) in [5.41, 5.74) is 4.26. The number of carbonyl (C=O) groups excluding carboxylic acids is 1. The van der Waals surface area contributed by atoms with E-state index in [0.717, 1.165) is 42.4 Å². The minimum Gasteiger partial charge on any atom is -0.343 e. The molecule has 0 radical (unpaired) electrons. The fourth-order valence-corrected chi connectivity index (χ4v) is 5.73. The molecule has 1 fully saturated rings. The Morgan fingerprint density at radius 3 is 2.16 bits per heavy atom. The second-order valence-electron chi connectivity index (χ2n) is 9.61. The van der Waals surface area contributed by atoms with Crippen molar-refractivity contribution in [2.24, 2.45) is 5.92 Å². The summed E-state index contributed by atoms with van der Waals surface area (Å²) in [6.45, 7) is 4.66. The van der Waals surface area contributed by atoms with Gasteiger partial charge in [0.1, 0.15) is 0 Å². The molecule has 3 aromatic rings. The maximum Gasteiger partial charge on any atom is 0.240 e. The van der Waals surface area contributed by atoms with Gasteiger partial charge in [-0.1, -0.05) is 85.1 Å². The van der Waals surface area contributed by atoms with Crippen LogP contribution in [-0.4, -0.2) is 28.0 Å². The van der Waals surface area contributed by atoms with Gasteiger partial charge in [0.25, 0.3) is 0 Å². The largest absolute Gasteiger partial charge is 0.343 e. The van der Waals surface area contributed by atoms with Gasteiger partial charge in [-0.05, 0) is 68.5 Å². The van der Waals surface area contributed by atoms with Gasteiger partial charge < -0.3 is 10.6 Å². The van der Waals surface area contributed by atoms with Crippen LogP contribution >= 0.6 is 0 Å². The molecule has 0 aromatic heterocycles. The lowest BCUT2D eigenvalue weighted by Crippen LogP contribution is -2.39. The van der Waals surface area contributed by atoms with Crippen molar-refractivity contribution in [1.29, 1.82) is 0 Å². The van der Waals surface area contributed by atoms with Crippen LogP contribution in [0.25, 0.3) is 0 Å². The Morgan fingerprint density at radius 2 is 1.54 bits per heavy atom. The number of rotatable bonds is 8. The zero-order valence-electron chi connectivity index (χ0n) is 22.0. The topological polar surface area (TPSA) is 87.3 Å². The minimum atomic E-state index is -3.55. The third-order valence-corrected chi connectivity index (χ3v) is 8.06. The Kier molecular flexibility index (Phi) is 10.9. The molecule has 7 heteroatoms. The Bertz CT molecular complexity index is 1230. The highest BCUT2D eigenvalue weighted by Gasteiger charge is 2.31. The fraction of sp³-hybridized carbons (Fsp3) is 0.367. The summed E-state index contributed by atoms with van der Waals surface area (Å²) in [6.07, 6.45) is 4.10. The molecule has 0 bridgehead atoms. The highest BCUT2D eigenvalue weighted by atomic mass is 32.2. The quantitative estimate of drug-likeness (QED) is 0.363. The lowest BCUT2D eigenvalue weighted by atomic mass is 9.75. The standard InChI is InChI=1S/C23H31N3O3S.C7H8/c1-17-6-5-7-20(14-17)30(28,29)26-15-18-10-12-19(13-11-18)21-8-3-4-9-22(21)23(27)25-16-24-2;1-7-5-3-2-4-6-7/h5-7,10-14,21-22,24,26H,3-4,8-9,15-16H2,1-2H3,(H,25,27);2-6H,1H3/t21-,22?;/m1./s1. The maximum absolute atomic E-state index is 12.6. The molecular formula is C30H39N3O3S. The number of aryl methyl sites for hydroxylation is 2. The lowest BCUT2D eigenvalue weighted by molar-refractivity contribution is -0.126. The Labute approximate surface area is 221 Å². The van der Waals surface area contributed by atoms with E-state index in [2.05, 4.69) is 34.4 Å². The molecule has 1 amide bonds. The van der Waals surface area contributed by atoms with Crippen LogP contribution in [-0.2, 0) is 21.4 Å². The minimum absolute atomic E-state index is 0.0160. The van der Waals surface area contributed by atoms with Crippen molar-refractivity contribution in [3.8, 4) is 0 Å². The predicted octanol–water partition coefficient (Wildman–Crippen LogP) is 5.04. The van der Waals surface area contributed by atoms with Crippen molar-refractivity contribution in [2.45, 2.75) is 56.9 Å². The molecule has 0 saturated heterocycles. The monoisotopic (exact) mass is 521 g/mol. The van der Waals surface area contributed by atoms with Crippen molar-refractivity contribution in [2.75, 3.05) is 13.7 Å². The lowest BCUT2D eigenvalue weighted by Gasteiger charge is -2.31. The number of carbonyl (C=O) groups is 1. The molecule has 0 aliphatic heterocycles. The molecule has 4 rings (SSSR count). The molecule has 2 atom stereocenters. The van der Waals surface area contributed by atoms with Gasteiger partial charge >= 0.3 is 0 Å². The zero-order valence-corrected chi connectivity index (χ0v) is 22.9. The van der Waals surface area contributed by atoms with Crippen LogP contribution in [0.5, 0.6) is 0 Å². The number of sulfonamides is 1. The summed E-state index contributed by atoms with van der Waals surface area (Å²) in [6, 6.07) is 25.1. The zero-order chi connectivity index (χ0) is 26.7. The fourth-order valence-electron chi connectivity index (χ4n) is 4.61. The highest BCUT2D eigenvalue weighted by Crippen LogP contribution is 2.38. The molecule has 37 heavy (non-hydrogen) atoms. The van der Waals surface area contributed by atoms with E-state index in [1.165, 1.54) is 5.56 Å². The van der Waals surface area contributed by atoms with Gasteiger partial charge in [0.2, 0.25) is 15.9 Å². The van der Waals surface area contributed by atoms with E-state index in [-0.39, 0.29) is 29.2 Å². The van der Waals surface area contributed by atoms with E-state index in [0.29, 0.717) is 6.67 Å². The Morgan fingerprint density at radius 1 is 0.865 bits per heavy atom. The van der Waals surface area contributed by atoms with Crippen LogP contribution in [0.1, 0.15) is 53.9 Å². The van der Waals surface area contributed by atoms with Crippen LogP contribution in [0.15, 0.2) is 83.8 Å². The molecule has 1 unspecified atom stereocenters. The molecule has 1 aliphatic rings. The van der Waals surface area contributed by atoms with Gasteiger partial charge in [-0.25, -0.2) is 13.1 Å². The molecule has 198 valence electrons. The number of hydrogen-bond acceptors (Lipinski definition) is 4. The Hall–Kier alpha value is -3.00. The molecule has 3 N–H and O–H groups in total. The molecule has 0 heterocycles. The third kappa shape index (κ3) is 8.81. The van der Waals surface area contributed by atoms with Gasteiger partial charge in [-0.2, -0.15) is 0 Å². The molecule has 1 aliphatic carbocycles. The summed E-state index contributed by atoms with van der Waals surface area (Å²) < 4.78 is 27.7. The Balaban J connectivity index is 0.000000468. The van der Waals surface area contributed by atoms with Gasteiger partial charge in [0.15, 0.2) is 0 Å². The number of hydrogen-bond donors (Lipinski definition) is 3. The van der Waals surface area contributed by atoms with E-state index in [1.807, 2.05) is 62.5 Å². The summed E-state index contributed by atoms with van der Waals surface area (Å²) in [4.78, 5) is 12.8. The van der Waals surface area contributed by atoms with Gasteiger partial charge in [0, 0.05) is 12.5 Å². The third-order valence-electron chi connectivity index (χ3n) is 6.66. The van der Waals surface area contributed by atoms with Crippen LogP contribution in [0, 0.1) is 19.8 Å². The first-order chi connectivity index (χ1) is 17.8. The van der Waals surface area contributed by atoms with E-state index in [4.69, 9.17) is 0 Å². The average Bonchev–Trinajstić information content (AvgIpc) is 2.92. The van der Waals surface area contributed by atoms with Gasteiger partial charge in [-0.3, -0.25) is 4.79 Å². The summed E-state index contributed by atoms with van der Waals surface area (Å²) in [7, 11) is -1.74. The molecule has 1 saturated carbocycles. The summed E-state index contributed by atoms with van der Waals surface area (Å²) in [5, 5.41) is 5.90. The van der Waals surface area contributed by atoms with E-state index in [1.54, 1.807) is 18.2 Å². The van der Waals surface area contributed by atoms with Crippen molar-refractivity contribution in [1.82, 2.24) is 15.4 Å². The number of benzene rings is 3. The van der Waals surface area contributed by atoms with E-state index >= 15 is 0 Å². The molecule has 0 spiro atoms. The van der Waals surface area contributed by atoms with Crippen LogP contribution < -0.4 is 15.4 Å².